The van der Waals surface area contributed by atoms with Crippen molar-refractivity contribution in [2.45, 2.75) is 32.2 Å². The lowest BCUT2D eigenvalue weighted by Gasteiger charge is -2.46. The number of hydrogen-bond donors (Lipinski definition) is 1. The minimum atomic E-state index is -0.136. The number of aromatic nitrogens is 1. The fourth-order valence-electron chi connectivity index (χ4n) is 4.78. The van der Waals surface area contributed by atoms with E-state index in [2.05, 4.69) is 70.1 Å². The van der Waals surface area contributed by atoms with Crippen LogP contribution in [0.15, 0.2) is 59.2 Å². The highest BCUT2D eigenvalue weighted by Crippen LogP contribution is 2.45. The van der Waals surface area contributed by atoms with Crippen LogP contribution in [0.5, 0.6) is 0 Å². The second kappa shape index (κ2) is 6.77. The molecule has 5 rings (SSSR count). The Balaban J connectivity index is 1.45. The standard InChI is InChI=1S/C24H24BrN3O/c1-16-9-10-20-22(17(16)2)28-13-5-8-21(28)24(26-20)11-14-27(15-12-24)23(29)18-6-3-4-7-19(18)25/h3-10,13,26H,11-12,14-15H2,1-2H3. The molecule has 0 saturated carbocycles. The minimum Gasteiger partial charge on any atom is -0.372 e. The number of nitrogens with one attached hydrogen (secondary N) is 1. The zero-order valence-corrected chi connectivity index (χ0v) is 18.3. The molecule has 0 unspecified atom stereocenters. The van der Waals surface area contributed by atoms with Crippen LogP contribution < -0.4 is 5.32 Å². The summed E-state index contributed by atoms with van der Waals surface area (Å²) in [6.45, 7) is 5.82. The van der Waals surface area contributed by atoms with Crippen molar-refractivity contribution in [3.63, 3.8) is 0 Å². The van der Waals surface area contributed by atoms with E-state index in [1.54, 1.807) is 0 Å². The first-order valence-electron chi connectivity index (χ1n) is 10.1. The van der Waals surface area contributed by atoms with E-state index in [4.69, 9.17) is 0 Å². The molecule has 1 aromatic heterocycles. The molecule has 5 heteroatoms. The van der Waals surface area contributed by atoms with Gasteiger partial charge in [-0.1, -0.05) is 18.2 Å². The molecule has 2 aromatic carbocycles. The van der Waals surface area contributed by atoms with Gasteiger partial charge in [-0.3, -0.25) is 4.79 Å². The van der Waals surface area contributed by atoms with Gasteiger partial charge in [-0.05, 0) is 84.1 Å². The highest BCUT2D eigenvalue weighted by Gasteiger charge is 2.42. The number of amides is 1. The van der Waals surface area contributed by atoms with Crippen LogP contribution in [0.4, 0.5) is 5.69 Å². The number of likely N-dealkylation sites (tertiary alicyclic amines) is 1. The van der Waals surface area contributed by atoms with E-state index >= 15 is 0 Å². The molecule has 3 aromatic rings. The summed E-state index contributed by atoms with van der Waals surface area (Å²) in [6, 6.07) is 16.4. The Labute approximate surface area is 179 Å². The smallest absolute Gasteiger partial charge is 0.255 e. The molecule has 1 N–H and O–H groups in total. The molecular formula is C24H24BrN3O. The topological polar surface area (TPSA) is 37.3 Å². The van der Waals surface area contributed by atoms with Crippen molar-refractivity contribution < 1.29 is 4.79 Å². The molecular weight excluding hydrogens is 426 g/mol. The third-order valence-corrected chi connectivity index (χ3v) is 7.26. The molecule has 3 heterocycles. The summed E-state index contributed by atoms with van der Waals surface area (Å²) in [5, 5.41) is 3.87. The van der Waals surface area contributed by atoms with Crippen molar-refractivity contribution in [1.29, 1.82) is 0 Å². The van der Waals surface area contributed by atoms with Gasteiger partial charge in [-0.25, -0.2) is 0 Å². The molecule has 1 spiro atoms. The van der Waals surface area contributed by atoms with Crippen LogP contribution in [0, 0.1) is 13.8 Å². The average molecular weight is 450 g/mol. The molecule has 29 heavy (non-hydrogen) atoms. The van der Waals surface area contributed by atoms with Gasteiger partial charge in [0.25, 0.3) is 5.91 Å². The summed E-state index contributed by atoms with van der Waals surface area (Å²) in [5.41, 5.74) is 6.94. The maximum absolute atomic E-state index is 13.0. The lowest BCUT2D eigenvalue weighted by atomic mass is 9.81. The highest BCUT2D eigenvalue weighted by molar-refractivity contribution is 9.10. The Hall–Kier alpha value is -2.53. The van der Waals surface area contributed by atoms with E-state index in [0.717, 1.165) is 36.0 Å². The highest BCUT2D eigenvalue weighted by atomic mass is 79.9. The number of nitrogens with zero attached hydrogens (tertiary/aromatic N) is 2. The fraction of sp³-hybridized carbons (Fsp3) is 0.292. The molecule has 1 saturated heterocycles. The lowest BCUT2D eigenvalue weighted by molar-refractivity contribution is 0.0675. The number of carbonyl (C=O) groups is 1. The van der Waals surface area contributed by atoms with E-state index in [1.807, 2.05) is 29.2 Å². The summed E-state index contributed by atoms with van der Waals surface area (Å²) in [7, 11) is 0. The van der Waals surface area contributed by atoms with Gasteiger partial charge in [-0.2, -0.15) is 0 Å². The number of hydrogen-bond acceptors (Lipinski definition) is 2. The van der Waals surface area contributed by atoms with Gasteiger partial charge in [-0.15, -0.1) is 0 Å². The Morgan fingerprint density at radius 3 is 2.55 bits per heavy atom. The summed E-state index contributed by atoms with van der Waals surface area (Å²) >= 11 is 3.52. The third kappa shape index (κ3) is 2.83. The second-order valence-electron chi connectivity index (χ2n) is 8.15. The number of piperidine rings is 1. The van der Waals surface area contributed by atoms with Gasteiger partial charge in [0, 0.05) is 29.5 Å². The van der Waals surface area contributed by atoms with Crippen molar-refractivity contribution in [3.8, 4) is 5.69 Å². The zero-order chi connectivity index (χ0) is 20.2. The van der Waals surface area contributed by atoms with Crippen LogP contribution in [-0.4, -0.2) is 28.5 Å². The number of halogens is 1. The molecule has 2 aliphatic rings. The summed E-state index contributed by atoms with van der Waals surface area (Å²) < 4.78 is 3.20. The fourth-order valence-corrected chi connectivity index (χ4v) is 5.23. The van der Waals surface area contributed by atoms with E-state index in [0.29, 0.717) is 0 Å². The summed E-state index contributed by atoms with van der Waals surface area (Å²) in [5.74, 6) is 0.102. The molecule has 0 atom stereocenters. The number of carbonyl (C=O) groups excluding carboxylic acids is 1. The molecule has 4 nitrogen and oxygen atoms in total. The van der Waals surface area contributed by atoms with Crippen molar-refractivity contribution in [2.24, 2.45) is 0 Å². The molecule has 1 amide bonds. The molecule has 0 bridgehead atoms. The first-order valence-corrected chi connectivity index (χ1v) is 10.9. The number of fused-ring (bicyclic) bond motifs is 4. The van der Waals surface area contributed by atoms with E-state index < -0.39 is 0 Å². The van der Waals surface area contributed by atoms with Crippen LogP contribution in [0.25, 0.3) is 5.69 Å². The van der Waals surface area contributed by atoms with Gasteiger partial charge in [0.2, 0.25) is 0 Å². The van der Waals surface area contributed by atoms with Crippen LogP contribution in [0.1, 0.15) is 40.0 Å². The predicted molar refractivity (Wildman–Crippen MR) is 120 cm³/mol. The van der Waals surface area contributed by atoms with Gasteiger partial charge in [0.15, 0.2) is 0 Å². The minimum absolute atomic E-state index is 0.102. The molecule has 0 radical (unpaired) electrons. The van der Waals surface area contributed by atoms with Crippen LogP contribution in [0.2, 0.25) is 0 Å². The van der Waals surface area contributed by atoms with Crippen molar-refractivity contribution >= 4 is 27.5 Å². The monoisotopic (exact) mass is 449 g/mol. The van der Waals surface area contributed by atoms with Crippen molar-refractivity contribution in [2.75, 3.05) is 18.4 Å². The Morgan fingerprint density at radius 2 is 1.79 bits per heavy atom. The van der Waals surface area contributed by atoms with E-state index in [-0.39, 0.29) is 11.4 Å². The Bertz CT molecular complexity index is 1110. The molecule has 148 valence electrons. The maximum Gasteiger partial charge on any atom is 0.255 e. The second-order valence-corrected chi connectivity index (χ2v) is 9.00. The molecule has 1 fully saturated rings. The average Bonchev–Trinajstić information content (AvgIpc) is 3.22. The number of anilines is 1. The quantitative estimate of drug-likeness (QED) is 0.538. The van der Waals surface area contributed by atoms with E-state index in [9.17, 15) is 4.79 Å². The zero-order valence-electron chi connectivity index (χ0n) is 16.7. The Kier molecular flexibility index (Phi) is 4.32. The predicted octanol–water partition coefficient (Wildman–Crippen LogP) is 5.41. The molecule has 0 aliphatic carbocycles. The maximum atomic E-state index is 13.0. The van der Waals surface area contributed by atoms with Crippen LogP contribution in [-0.2, 0) is 5.54 Å². The normalized spacial score (nSPS) is 16.9. The number of aryl methyl sites for hydroxylation is 1. The van der Waals surface area contributed by atoms with Gasteiger partial charge < -0.3 is 14.8 Å². The summed E-state index contributed by atoms with van der Waals surface area (Å²) in [6.07, 6.45) is 3.95. The van der Waals surface area contributed by atoms with Crippen molar-refractivity contribution in [1.82, 2.24) is 9.47 Å². The van der Waals surface area contributed by atoms with Gasteiger partial charge in [0.05, 0.1) is 22.5 Å². The first kappa shape index (κ1) is 18.5. The van der Waals surface area contributed by atoms with E-state index in [1.165, 1.54) is 28.2 Å². The number of benzene rings is 2. The number of rotatable bonds is 1. The third-order valence-electron chi connectivity index (χ3n) is 6.56. The first-order chi connectivity index (χ1) is 14.0. The van der Waals surface area contributed by atoms with Crippen molar-refractivity contribution in [3.05, 3.63) is 81.6 Å². The van der Waals surface area contributed by atoms with Gasteiger partial charge >= 0.3 is 0 Å². The van der Waals surface area contributed by atoms with Crippen LogP contribution in [0.3, 0.4) is 0 Å². The largest absolute Gasteiger partial charge is 0.372 e. The van der Waals surface area contributed by atoms with Crippen LogP contribution >= 0.6 is 15.9 Å². The lowest BCUT2D eigenvalue weighted by Crippen LogP contribution is -2.51. The van der Waals surface area contributed by atoms with Gasteiger partial charge in [0.1, 0.15) is 0 Å². The Morgan fingerprint density at radius 1 is 1.03 bits per heavy atom. The molecule has 2 aliphatic heterocycles. The SMILES string of the molecule is Cc1ccc2c(c1C)-n1cccc1C1(CCN(C(=O)c3ccccc3Br)CC1)N2. The summed E-state index contributed by atoms with van der Waals surface area (Å²) in [4.78, 5) is 15.0.